The Morgan fingerprint density at radius 2 is 2.36 bits per heavy atom. The quantitative estimate of drug-likeness (QED) is 0.514. The van der Waals surface area contributed by atoms with Gasteiger partial charge in [0.25, 0.3) is 0 Å². The van der Waals surface area contributed by atoms with Crippen molar-refractivity contribution >= 4 is 0 Å². The summed E-state index contributed by atoms with van der Waals surface area (Å²) in [5.41, 5.74) is 1.38. The Labute approximate surface area is 67.7 Å². The van der Waals surface area contributed by atoms with E-state index in [1.807, 2.05) is 0 Å². The summed E-state index contributed by atoms with van der Waals surface area (Å²) < 4.78 is 5.55. The summed E-state index contributed by atoms with van der Waals surface area (Å²) in [4.78, 5) is 0. The van der Waals surface area contributed by atoms with Crippen molar-refractivity contribution in [3.05, 3.63) is 23.8 Å². The molecule has 0 saturated carbocycles. The van der Waals surface area contributed by atoms with Gasteiger partial charge in [0.1, 0.15) is 0 Å². The van der Waals surface area contributed by atoms with Crippen LogP contribution in [0.3, 0.4) is 0 Å². The minimum Gasteiger partial charge on any atom is -0.377 e. The van der Waals surface area contributed by atoms with Gasteiger partial charge in [0.15, 0.2) is 0 Å². The maximum absolute atomic E-state index is 5.55. The average molecular weight is 150 g/mol. The number of hydrogen-bond donors (Lipinski definition) is 0. The zero-order valence-electron chi connectivity index (χ0n) is 7.08. The third-order valence-corrected chi connectivity index (χ3v) is 2.65. The largest absolute Gasteiger partial charge is 0.377 e. The highest BCUT2D eigenvalue weighted by atomic mass is 16.5. The van der Waals surface area contributed by atoms with Crippen LogP contribution >= 0.6 is 0 Å². The van der Waals surface area contributed by atoms with E-state index < -0.39 is 0 Å². The van der Waals surface area contributed by atoms with Crippen LogP contribution in [0.4, 0.5) is 0 Å². The van der Waals surface area contributed by atoms with Crippen LogP contribution in [0.2, 0.25) is 0 Å². The van der Waals surface area contributed by atoms with Gasteiger partial charge in [-0.1, -0.05) is 23.8 Å². The van der Waals surface area contributed by atoms with E-state index in [1.54, 1.807) is 0 Å². The SMILES string of the molecule is CC1=CC2C(C=C1)COC2C. The van der Waals surface area contributed by atoms with Gasteiger partial charge in [-0.25, -0.2) is 0 Å². The molecule has 3 atom stereocenters. The monoisotopic (exact) mass is 150 g/mol. The third-order valence-electron chi connectivity index (χ3n) is 2.65. The van der Waals surface area contributed by atoms with Crippen LogP contribution < -0.4 is 0 Å². The van der Waals surface area contributed by atoms with Gasteiger partial charge in [0.05, 0.1) is 12.7 Å². The molecule has 1 fully saturated rings. The number of hydrogen-bond acceptors (Lipinski definition) is 1. The molecule has 0 aromatic rings. The number of rotatable bonds is 0. The Morgan fingerprint density at radius 1 is 1.55 bits per heavy atom. The van der Waals surface area contributed by atoms with Crippen LogP contribution in [-0.4, -0.2) is 12.7 Å². The first-order valence-corrected chi connectivity index (χ1v) is 4.25. The average Bonchev–Trinajstić information content (AvgIpc) is 2.33. The zero-order chi connectivity index (χ0) is 7.84. The highest BCUT2D eigenvalue weighted by Gasteiger charge is 2.32. The van der Waals surface area contributed by atoms with Crippen LogP contribution in [0.25, 0.3) is 0 Å². The second-order valence-corrected chi connectivity index (χ2v) is 3.55. The van der Waals surface area contributed by atoms with E-state index in [1.165, 1.54) is 5.57 Å². The second-order valence-electron chi connectivity index (χ2n) is 3.55. The fourth-order valence-corrected chi connectivity index (χ4v) is 1.91. The van der Waals surface area contributed by atoms with Gasteiger partial charge in [0, 0.05) is 11.8 Å². The van der Waals surface area contributed by atoms with Crippen molar-refractivity contribution in [2.24, 2.45) is 11.8 Å². The van der Waals surface area contributed by atoms with E-state index in [2.05, 4.69) is 32.1 Å². The molecule has 0 bridgehead atoms. The lowest BCUT2D eigenvalue weighted by Crippen LogP contribution is -2.16. The maximum atomic E-state index is 5.55. The van der Waals surface area contributed by atoms with Gasteiger partial charge in [-0.15, -0.1) is 0 Å². The van der Waals surface area contributed by atoms with Crippen LogP contribution in [-0.2, 0) is 4.74 Å². The van der Waals surface area contributed by atoms with Gasteiger partial charge >= 0.3 is 0 Å². The van der Waals surface area contributed by atoms with Gasteiger partial charge in [-0.3, -0.25) is 0 Å². The van der Waals surface area contributed by atoms with Crippen LogP contribution in [0.1, 0.15) is 13.8 Å². The Morgan fingerprint density at radius 3 is 3.18 bits per heavy atom. The van der Waals surface area contributed by atoms with Crippen LogP contribution in [0, 0.1) is 11.8 Å². The molecule has 1 saturated heterocycles. The van der Waals surface area contributed by atoms with Gasteiger partial charge in [0.2, 0.25) is 0 Å². The van der Waals surface area contributed by atoms with E-state index >= 15 is 0 Å². The molecular weight excluding hydrogens is 136 g/mol. The summed E-state index contributed by atoms with van der Waals surface area (Å²) in [7, 11) is 0. The maximum Gasteiger partial charge on any atom is 0.0616 e. The number of ether oxygens (including phenoxy) is 1. The molecule has 60 valence electrons. The fourth-order valence-electron chi connectivity index (χ4n) is 1.91. The van der Waals surface area contributed by atoms with Gasteiger partial charge < -0.3 is 4.74 Å². The van der Waals surface area contributed by atoms with E-state index in [4.69, 9.17) is 4.74 Å². The first kappa shape index (κ1) is 7.11. The summed E-state index contributed by atoms with van der Waals surface area (Å²) >= 11 is 0. The van der Waals surface area contributed by atoms with E-state index in [-0.39, 0.29) is 0 Å². The first-order valence-electron chi connectivity index (χ1n) is 4.25. The molecule has 0 aromatic heterocycles. The van der Waals surface area contributed by atoms with Gasteiger partial charge in [-0.2, -0.15) is 0 Å². The summed E-state index contributed by atoms with van der Waals surface area (Å²) in [6, 6.07) is 0. The third kappa shape index (κ3) is 1.14. The molecule has 0 N–H and O–H groups in total. The molecule has 1 heterocycles. The molecule has 2 rings (SSSR count). The lowest BCUT2D eigenvalue weighted by atomic mass is 9.86. The van der Waals surface area contributed by atoms with Crippen molar-refractivity contribution in [2.45, 2.75) is 20.0 Å². The second kappa shape index (κ2) is 2.49. The Balaban J connectivity index is 2.22. The standard InChI is InChI=1S/C10H14O/c1-7-3-4-9-6-11-8(2)10(9)5-7/h3-5,8-10H,6H2,1-2H3. The molecule has 2 aliphatic rings. The minimum atomic E-state index is 0.417. The Hall–Kier alpha value is -0.560. The summed E-state index contributed by atoms with van der Waals surface area (Å²) in [6.07, 6.45) is 7.23. The lowest BCUT2D eigenvalue weighted by molar-refractivity contribution is 0.113. The van der Waals surface area contributed by atoms with E-state index in [0.717, 1.165) is 6.61 Å². The molecule has 1 aliphatic heterocycles. The predicted octanol–water partition coefficient (Wildman–Crippen LogP) is 2.15. The van der Waals surface area contributed by atoms with Crippen molar-refractivity contribution in [3.63, 3.8) is 0 Å². The highest BCUT2D eigenvalue weighted by Crippen LogP contribution is 2.33. The van der Waals surface area contributed by atoms with Crippen molar-refractivity contribution in [2.75, 3.05) is 6.61 Å². The fraction of sp³-hybridized carbons (Fsp3) is 0.600. The molecule has 3 unspecified atom stereocenters. The van der Waals surface area contributed by atoms with E-state index in [0.29, 0.717) is 17.9 Å². The van der Waals surface area contributed by atoms with Crippen molar-refractivity contribution in [3.8, 4) is 0 Å². The zero-order valence-corrected chi connectivity index (χ0v) is 7.08. The van der Waals surface area contributed by atoms with E-state index in [9.17, 15) is 0 Å². The number of fused-ring (bicyclic) bond motifs is 1. The molecule has 1 heteroatoms. The highest BCUT2D eigenvalue weighted by molar-refractivity contribution is 5.25. The normalized spacial score (nSPS) is 42.0. The van der Waals surface area contributed by atoms with Crippen molar-refractivity contribution < 1.29 is 4.74 Å². The molecule has 0 spiro atoms. The molecular formula is C10H14O. The first-order chi connectivity index (χ1) is 5.27. The Kier molecular flexibility index (Phi) is 1.61. The molecule has 0 radical (unpaired) electrons. The number of allylic oxidation sites excluding steroid dienone is 2. The van der Waals surface area contributed by atoms with Crippen molar-refractivity contribution in [1.82, 2.24) is 0 Å². The molecule has 0 amide bonds. The minimum absolute atomic E-state index is 0.417. The Bertz CT molecular complexity index is 215. The summed E-state index contributed by atoms with van der Waals surface area (Å²) in [6.45, 7) is 5.22. The van der Waals surface area contributed by atoms with Crippen LogP contribution in [0.5, 0.6) is 0 Å². The summed E-state index contributed by atoms with van der Waals surface area (Å²) in [5.74, 6) is 1.29. The molecule has 11 heavy (non-hydrogen) atoms. The van der Waals surface area contributed by atoms with Crippen molar-refractivity contribution in [1.29, 1.82) is 0 Å². The molecule has 1 nitrogen and oxygen atoms in total. The topological polar surface area (TPSA) is 9.23 Å². The predicted molar refractivity (Wildman–Crippen MR) is 45.3 cm³/mol. The lowest BCUT2D eigenvalue weighted by Gasteiger charge is -2.18. The smallest absolute Gasteiger partial charge is 0.0616 e. The summed E-state index contributed by atoms with van der Waals surface area (Å²) in [5, 5.41) is 0. The van der Waals surface area contributed by atoms with Crippen LogP contribution in [0.15, 0.2) is 23.8 Å². The molecule has 0 aromatic carbocycles. The molecule has 1 aliphatic carbocycles. The van der Waals surface area contributed by atoms with Gasteiger partial charge in [-0.05, 0) is 13.8 Å².